The average molecular weight is 367 g/mol. The van der Waals surface area contributed by atoms with E-state index >= 15 is 0 Å². The van der Waals surface area contributed by atoms with E-state index in [0.717, 1.165) is 38.4 Å². The summed E-state index contributed by atoms with van der Waals surface area (Å²) >= 11 is 0. The van der Waals surface area contributed by atoms with Gasteiger partial charge in [0.2, 0.25) is 0 Å². The summed E-state index contributed by atoms with van der Waals surface area (Å²) in [6.45, 7) is 4.52. The minimum absolute atomic E-state index is 0.0191. The van der Waals surface area contributed by atoms with Gasteiger partial charge in [-0.3, -0.25) is 4.79 Å². The molecule has 1 fully saturated rings. The molecule has 0 atom stereocenters. The van der Waals surface area contributed by atoms with Gasteiger partial charge in [0, 0.05) is 32.4 Å². The van der Waals surface area contributed by atoms with Crippen molar-refractivity contribution in [1.82, 2.24) is 15.2 Å². The summed E-state index contributed by atoms with van der Waals surface area (Å²) in [5.74, 6) is 0.810. The SMILES string of the molecule is CN(CCCNC(=O)c1cccnc1N1CCCCC1)Cc1ccccc1. The summed E-state index contributed by atoms with van der Waals surface area (Å²) in [5, 5.41) is 3.07. The third-order valence-corrected chi connectivity index (χ3v) is 4.98. The van der Waals surface area contributed by atoms with Crippen LogP contribution in [0.25, 0.3) is 0 Å². The number of nitrogens with zero attached hydrogens (tertiary/aromatic N) is 3. The molecule has 0 bridgehead atoms. The number of anilines is 1. The van der Waals surface area contributed by atoms with Crippen molar-refractivity contribution in [2.45, 2.75) is 32.2 Å². The van der Waals surface area contributed by atoms with Crippen LogP contribution in [0.5, 0.6) is 0 Å². The Balaban J connectivity index is 1.45. The summed E-state index contributed by atoms with van der Waals surface area (Å²) in [5.41, 5.74) is 2.00. The van der Waals surface area contributed by atoms with E-state index < -0.39 is 0 Å². The van der Waals surface area contributed by atoms with Crippen LogP contribution in [0.4, 0.5) is 5.82 Å². The fraction of sp³-hybridized carbons (Fsp3) is 0.455. The Kier molecular flexibility index (Phi) is 7.22. The minimum Gasteiger partial charge on any atom is -0.356 e. The van der Waals surface area contributed by atoms with Gasteiger partial charge in [-0.15, -0.1) is 0 Å². The number of hydrogen-bond acceptors (Lipinski definition) is 4. The number of benzene rings is 1. The number of carbonyl (C=O) groups is 1. The summed E-state index contributed by atoms with van der Waals surface area (Å²) in [6, 6.07) is 14.2. The Morgan fingerprint density at radius 1 is 1.11 bits per heavy atom. The van der Waals surface area contributed by atoms with Crippen LogP contribution in [0, 0.1) is 0 Å². The molecule has 1 aromatic carbocycles. The molecule has 1 saturated heterocycles. The van der Waals surface area contributed by atoms with Crippen LogP contribution in [0.2, 0.25) is 0 Å². The molecule has 1 aromatic heterocycles. The van der Waals surface area contributed by atoms with Crippen molar-refractivity contribution in [3.8, 4) is 0 Å². The molecule has 1 N–H and O–H groups in total. The summed E-state index contributed by atoms with van der Waals surface area (Å²) < 4.78 is 0. The molecule has 3 rings (SSSR count). The van der Waals surface area contributed by atoms with Crippen LogP contribution in [-0.2, 0) is 6.54 Å². The molecule has 0 radical (unpaired) electrons. The van der Waals surface area contributed by atoms with Crippen LogP contribution < -0.4 is 10.2 Å². The average Bonchev–Trinajstić information content (AvgIpc) is 2.72. The van der Waals surface area contributed by atoms with E-state index in [1.165, 1.54) is 24.8 Å². The minimum atomic E-state index is -0.0191. The third kappa shape index (κ3) is 5.79. The van der Waals surface area contributed by atoms with Crippen LogP contribution in [-0.4, -0.2) is 49.0 Å². The van der Waals surface area contributed by atoms with Crippen molar-refractivity contribution in [1.29, 1.82) is 0 Å². The number of aromatic nitrogens is 1. The second kappa shape index (κ2) is 10.1. The second-order valence-electron chi connectivity index (χ2n) is 7.26. The van der Waals surface area contributed by atoms with Gasteiger partial charge in [0.05, 0.1) is 5.56 Å². The predicted molar refractivity (Wildman–Crippen MR) is 110 cm³/mol. The van der Waals surface area contributed by atoms with Crippen molar-refractivity contribution < 1.29 is 4.79 Å². The normalized spacial score (nSPS) is 14.4. The first-order chi connectivity index (χ1) is 13.2. The van der Waals surface area contributed by atoms with E-state index in [1.54, 1.807) is 6.20 Å². The van der Waals surface area contributed by atoms with Gasteiger partial charge in [0.1, 0.15) is 5.82 Å². The lowest BCUT2D eigenvalue weighted by Gasteiger charge is -2.29. The van der Waals surface area contributed by atoms with E-state index in [9.17, 15) is 4.79 Å². The Hall–Kier alpha value is -2.40. The van der Waals surface area contributed by atoms with Gasteiger partial charge in [-0.25, -0.2) is 4.98 Å². The molecule has 2 aromatic rings. The zero-order valence-corrected chi connectivity index (χ0v) is 16.2. The second-order valence-corrected chi connectivity index (χ2v) is 7.26. The molecule has 0 saturated carbocycles. The van der Waals surface area contributed by atoms with Crippen molar-refractivity contribution in [3.05, 3.63) is 59.8 Å². The lowest BCUT2D eigenvalue weighted by atomic mass is 10.1. The Labute approximate surface area is 162 Å². The lowest BCUT2D eigenvalue weighted by Crippen LogP contribution is -2.34. The topological polar surface area (TPSA) is 48.5 Å². The van der Waals surface area contributed by atoms with Crippen LogP contribution >= 0.6 is 0 Å². The van der Waals surface area contributed by atoms with Gasteiger partial charge < -0.3 is 15.1 Å². The molecule has 27 heavy (non-hydrogen) atoms. The van der Waals surface area contributed by atoms with Crippen LogP contribution in [0.1, 0.15) is 41.6 Å². The molecule has 144 valence electrons. The third-order valence-electron chi connectivity index (χ3n) is 4.98. The molecule has 0 aliphatic carbocycles. The standard InChI is InChI=1S/C22H30N4O/c1-25(18-19-10-4-2-5-11-19)15-9-14-24-22(27)20-12-8-13-23-21(20)26-16-6-3-7-17-26/h2,4-5,8,10-13H,3,6-7,9,14-18H2,1H3,(H,24,27). The smallest absolute Gasteiger partial charge is 0.255 e. The Bertz CT molecular complexity index is 713. The highest BCUT2D eigenvalue weighted by Crippen LogP contribution is 2.21. The summed E-state index contributed by atoms with van der Waals surface area (Å²) in [7, 11) is 2.12. The molecule has 0 spiro atoms. The van der Waals surface area contributed by atoms with E-state index in [0.29, 0.717) is 12.1 Å². The molecule has 1 aliphatic rings. The molecule has 1 amide bonds. The van der Waals surface area contributed by atoms with E-state index in [2.05, 4.69) is 51.4 Å². The number of piperidine rings is 1. The first-order valence-corrected chi connectivity index (χ1v) is 9.94. The monoisotopic (exact) mass is 366 g/mol. The Morgan fingerprint density at radius 2 is 1.89 bits per heavy atom. The number of nitrogens with one attached hydrogen (secondary N) is 1. The largest absolute Gasteiger partial charge is 0.356 e. The molecular weight excluding hydrogens is 336 g/mol. The zero-order valence-electron chi connectivity index (χ0n) is 16.2. The van der Waals surface area contributed by atoms with Crippen LogP contribution in [0.15, 0.2) is 48.7 Å². The van der Waals surface area contributed by atoms with Crippen molar-refractivity contribution >= 4 is 11.7 Å². The van der Waals surface area contributed by atoms with E-state index in [4.69, 9.17) is 0 Å². The summed E-state index contributed by atoms with van der Waals surface area (Å²) in [4.78, 5) is 21.7. The fourth-order valence-electron chi connectivity index (χ4n) is 3.55. The van der Waals surface area contributed by atoms with E-state index in [1.807, 2.05) is 18.2 Å². The first-order valence-electron chi connectivity index (χ1n) is 9.94. The lowest BCUT2D eigenvalue weighted by molar-refractivity contribution is 0.0952. The maximum absolute atomic E-state index is 12.7. The number of carbonyl (C=O) groups excluding carboxylic acids is 1. The number of rotatable bonds is 8. The summed E-state index contributed by atoms with van der Waals surface area (Å²) in [6.07, 6.45) is 6.31. The predicted octanol–water partition coefficient (Wildman–Crippen LogP) is 3.32. The zero-order chi connectivity index (χ0) is 18.9. The maximum atomic E-state index is 12.7. The highest BCUT2D eigenvalue weighted by atomic mass is 16.1. The van der Waals surface area contributed by atoms with Gasteiger partial charge in [0.15, 0.2) is 0 Å². The fourth-order valence-corrected chi connectivity index (χ4v) is 3.55. The molecule has 0 unspecified atom stereocenters. The maximum Gasteiger partial charge on any atom is 0.255 e. The highest BCUT2D eigenvalue weighted by Gasteiger charge is 2.19. The molecule has 5 heteroatoms. The molecule has 5 nitrogen and oxygen atoms in total. The van der Waals surface area contributed by atoms with E-state index in [-0.39, 0.29) is 5.91 Å². The van der Waals surface area contributed by atoms with Gasteiger partial charge in [-0.1, -0.05) is 30.3 Å². The first kappa shape index (κ1) is 19.4. The number of pyridine rings is 1. The van der Waals surface area contributed by atoms with Crippen molar-refractivity contribution in [2.24, 2.45) is 0 Å². The van der Waals surface area contributed by atoms with Gasteiger partial charge >= 0.3 is 0 Å². The van der Waals surface area contributed by atoms with Gasteiger partial charge in [-0.2, -0.15) is 0 Å². The number of hydrogen-bond donors (Lipinski definition) is 1. The van der Waals surface area contributed by atoms with Gasteiger partial charge in [0.25, 0.3) is 5.91 Å². The van der Waals surface area contributed by atoms with Gasteiger partial charge in [-0.05, 0) is 57.0 Å². The van der Waals surface area contributed by atoms with Crippen LogP contribution in [0.3, 0.4) is 0 Å². The molecular formula is C22H30N4O. The molecule has 1 aliphatic heterocycles. The van der Waals surface area contributed by atoms with Crippen molar-refractivity contribution in [3.63, 3.8) is 0 Å². The van der Waals surface area contributed by atoms with Crippen molar-refractivity contribution in [2.75, 3.05) is 38.1 Å². The highest BCUT2D eigenvalue weighted by molar-refractivity contribution is 5.98. The molecule has 2 heterocycles. The Morgan fingerprint density at radius 3 is 2.67 bits per heavy atom. The number of amides is 1. The quantitative estimate of drug-likeness (QED) is 0.728.